The maximum absolute atomic E-state index is 5.63. The summed E-state index contributed by atoms with van der Waals surface area (Å²) >= 11 is 0. The Morgan fingerprint density at radius 3 is 2.52 bits per heavy atom. The monoisotopic (exact) mass is 418 g/mol. The van der Waals surface area contributed by atoms with Crippen LogP contribution < -0.4 is 4.74 Å². The molecule has 31 heavy (non-hydrogen) atoms. The third kappa shape index (κ3) is 6.60. The van der Waals surface area contributed by atoms with Crippen LogP contribution in [0.4, 0.5) is 0 Å². The van der Waals surface area contributed by atoms with Gasteiger partial charge in [0.2, 0.25) is 0 Å². The average molecular weight is 419 g/mol. The van der Waals surface area contributed by atoms with Crippen molar-refractivity contribution < 1.29 is 9.57 Å². The number of aryl methyl sites for hydroxylation is 4. The minimum Gasteiger partial charge on any atom is -0.494 e. The van der Waals surface area contributed by atoms with Gasteiger partial charge in [-0.3, -0.25) is 15.0 Å². The highest BCUT2D eigenvalue weighted by Crippen LogP contribution is 2.22. The normalized spacial score (nSPS) is 11.5. The second kappa shape index (κ2) is 10.7. The zero-order chi connectivity index (χ0) is 22.2. The lowest BCUT2D eigenvalue weighted by Gasteiger charge is -2.08. The molecule has 0 saturated carbocycles. The number of nitrogens with zero attached hydrogens (tertiary/aromatic N) is 4. The summed E-state index contributed by atoms with van der Waals surface area (Å²) in [5.41, 5.74) is 7.35. The van der Waals surface area contributed by atoms with Crippen molar-refractivity contribution in [2.75, 3.05) is 13.2 Å². The second-order valence-corrected chi connectivity index (χ2v) is 7.56. The predicted octanol–water partition coefficient (Wildman–Crippen LogP) is 5.24. The molecular formula is C25H30N4O2. The van der Waals surface area contributed by atoms with Gasteiger partial charge in [-0.05, 0) is 77.3 Å². The van der Waals surface area contributed by atoms with Crippen molar-refractivity contribution in [2.45, 2.75) is 47.5 Å². The third-order valence-corrected chi connectivity index (χ3v) is 4.65. The van der Waals surface area contributed by atoms with Crippen molar-refractivity contribution in [3.05, 3.63) is 70.8 Å². The molecule has 0 N–H and O–H groups in total. The Balaban J connectivity index is 1.57. The van der Waals surface area contributed by atoms with E-state index in [-0.39, 0.29) is 0 Å². The standard InChI is InChI=1S/C25H30N4O2/c1-6-30-22-15-19(4)27-25(16-22)23-11-7-9-21(28-23)10-8-12-31-29-20(5)24-14-17(2)13-18(3)26-24/h7,9,11,13-16H,6,8,10,12H2,1-5H3/b29-20+. The van der Waals surface area contributed by atoms with Gasteiger partial charge in [0.25, 0.3) is 0 Å². The molecule has 0 fully saturated rings. The fraction of sp³-hybridized carbons (Fsp3) is 0.360. The molecule has 0 spiro atoms. The van der Waals surface area contributed by atoms with Crippen LogP contribution in [0.15, 0.2) is 47.6 Å². The highest BCUT2D eigenvalue weighted by atomic mass is 16.6. The van der Waals surface area contributed by atoms with Gasteiger partial charge in [-0.25, -0.2) is 0 Å². The average Bonchev–Trinajstić information content (AvgIpc) is 2.73. The van der Waals surface area contributed by atoms with Crippen LogP contribution in [0.1, 0.15) is 48.6 Å². The van der Waals surface area contributed by atoms with Crippen molar-refractivity contribution in [1.29, 1.82) is 0 Å². The van der Waals surface area contributed by atoms with E-state index in [2.05, 4.69) is 22.0 Å². The molecule has 0 atom stereocenters. The number of hydrogen-bond donors (Lipinski definition) is 0. The summed E-state index contributed by atoms with van der Waals surface area (Å²) in [5.74, 6) is 0.817. The molecule has 0 bridgehead atoms. The van der Waals surface area contributed by atoms with E-state index in [9.17, 15) is 0 Å². The minimum absolute atomic E-state index is 0.519. The van der Waals surface area contributed by atoms with E-state index in [1.54, 1.807) is 0 Å². The third-order valence-electron chi connectivity index (χ3n) is 4.65. The van der Waals surface area contributed by atoms with Crippen LogP contribution in [0.5, 0.6) is 5.75 Å². The number of hydrogen-bond acceptors (Lipinski definition) is 6. The molecule has 0 radical (unpaired) electrons. The lowest BCUT2D eigenvalue weighted by Crippen LogP contribution is -2.03. The van der Waals surface area contributed by atoms with Crippen LogP contribution in [0, 0.1) is 20.8 Å². The van der Waals surface area contributed by atoms with E-state index >= 15 is 0 Å². The molecule has 6 heteroatoms. The number of aromatic nitrogens is 3. The minimum atomic E-state index is 0.519. The molecule has 3 rings (SSSR count). The number of oxime groups is 1. The lowest BCUT2D eigenvalue weighted by molar-refractivity contribution is 0.141. The predicted molar refractivity (Wildman–Crippen MR) is 124 cm³/mol. The van der Waals surface area contributed by atoms with Crippen LogP contribution in [0.3, 0.4) is 0 Å². The van der Waals surface area contributed by atoms with Crippen LogP contribution in [0.25, 0.3) is 11.4 Å². The summed E-state index contributed by atoms with van der Waals surface area (Å²) in [4.78, 5) is 19.4. The van der Waals surface area contributed by atoms with Crippen LogP contribution in [-0.2, 0) is 11.3 Å². The van der Waals surface area contributed by atoms with Crippen LogP contribution in [0.2, 0.25) is 0 Å². The van der Waals surface area contributed by atoms with Gasteiger partial charge in [-0.2, -0.15) is 0 Å². The van der Waals surface area contributed by atoms with Gasteiger partial charge < -0.3 is 9.57 Å². The molecule has 6 nitrogen and oxygen atoms in total. The molecule has 0 aliphatic rings. The summed E-state index contributed by atoms with van der Waals surface area (Å²) in [6.07, 6.45) is 1.62. The van der Waals surface area contributed by atoms with Gasteiger partial charge in [0, 0.05) is 29.2 Å². The first-order chi connectivity index (χ1) is 14.9. The number of rotatable bonds is 9. The summed E-state index contributed by atoms with van der Waals surface area (Å²) in [6.45, 7) is 11.0. The molecule has 0 saturated heterocycles. The Morgan fingerprint density at radius 1 is 0.935 bits per heavy atom. The van der Waals surface area contributed by atoms with Crippen LogP contribution >= 0.6 is 0 Å². The highest BCUT2D eigenvalue weighted by molar-refractivity contribution is 5.96. The van der Waals surface area contributed by atoms with Gasteiger partial charge in [0.15, 0.2) is 0 Å². The Labute approximate surface area is 184 Å². The van der Waals surface area contributed by atoms with Crippen LogP contribution in [-0.4, -0.2) is 33.9 Å². The van der Waals surface area contributed by atoms with Gasteiger partial charge in [0.1, 0.15) is 18.1 Å². The molecule has 0 aromatic carbocycles. The Hall–Kier alpha value is -3.28. The smallest absolute Gasteiger partial charge is 0.123 e. The summed E-state index contributed by atoms with van der Waals surface area (Å²) in [5, 5.41) is 4.22. The zero-order valence-electron chi connectivity index (χ0n) is 19.0. The molecule has 0 amide bonds. The van der Waals surface area contributed by atoms with Crippen molar-refractivity contribution in [3.8, 4) is 17.1 Å². The van der Waals surface area contributed by atoms with Gasteiger partial charge in [-0.1, -0.05) is 11.2 Å². The van der Waals surface area contributed by atoms with Crippen molar-refractivity contribution in [3.63, 3.8) is 0 Å². The molecule has 3 aromatic rings. The van der Waals surface area contributed by atoms with Gasteiger partial charge in [-0.15, -0.1) is 0 Å². The van der Waals surface area contributed by atoms with E-state index in [0.29, 0.717) is 13.2 Å². The molecule has 162 valence electrons. The summed E-state index contributed by atoms with van der Waals surface area (Å²) < 4.78 is 5.63. The van der Waals surface area contributed by atoms with Crippen molar-refractivity contribution >= 4 is 5.71 Å². The van der Waals surface area contributed by atoms with Gasteiger partial charge in [0.05, 0.1) is 23.7 Å². The fourth-order valence-electron chi connectivity index (χ4n) is 3.31. The van der Waals surface area contributed by atoms with E-state index in [1.807, 2.05) is 70.2 Å². The molecule has 0 aliphatic carbocycles. The van der Waals surface area contributed by atoms with E-state index in [4.69, 9.17) is 14.6 Å². The SMILES string of the molecule is CCOc1cc(C)nc(-c2cccc(CCCO/N=C(\C)c3cc(C)cc(C)n3)n2)c1. The largest absolute Gasteiger partial charge is 0.494 e. The fourth-order valence-corrected chi connectivity index (χ4v) is 3.31. The van der Waals surface area contributed by atoms with Gasteiger partial charge >= 0.3 is 0 Å². The number of pyridine rings is 3. The summed E-state index contributed by atoms with van der Waals surface area (Å²) in [6, 6.07) is 13.9. The first kappa shape index (κ1) is 22.4. The first-order valence-electron chi connectivity index (χ1n) is 10.6. The molecule has 0 aliphatic heterocycles. The van der Waals surface area contributed by atoms with Crippen molar-refractivity contribution in [2.24, 2.45) is 5.16 Å². The molecular weight excluding hydrogens is 388 g/mol. The van der Waals surface area contributed by atoms with Crippen molar-refractivity contribution in [1.82, 2.24) is 15.0 Å². The van der Waals surface area contributed by atoms with E-state index < -0.39 is 0 Å². The topological polar surface area (TPSA) is 69.5 Å². The Kier molecular flexibility index (Phi) is 7.70. The molecule has 3 heterocycles. The summed E-state index contributed by atoms with van der Waals surface area (Å²) in [7, 11) is 0. The lowest BCUT2D eigenvalue weighted by atomic mass is 10.1. The molecule has 3 aromatic heterocycles. The second-order valence-electron chi connectivity index (χ2n) is 7.56. The van der Waals surface area contributed by atoms with E-state index in [0.717, 1.165) is 58.5 Å². The number of ether oxygens (including phenoxy) is 1. The Bertz CT molecular complexity index is 1040. The highest BCUT2D eigenvalue weighted by Gasteiger charge is 2.07. The quantitative estimate of drug-likeness (QED) is 0.270. The molecule has 0 unspecified atom stereocenters. The zero-order valence-corrected chi connectivity index (χ0v) is 19.0. The Morgan fingerprint density at radius 2 is 1.74 bits per heavy atom. The van der Waals surface area contributed by atoms with E-state index in [1.165, 1.54) is 5.56 Å². The first-order valence-corrected chi connectivity index (χ1v) is 10.6. The maximum Gasteiger partial charge on any atom is 0.123 e. The maximum atomic E-state index is 5.63.